The van der Waals surface area contributed by atoms with Crippen molar-refractivity contribution in [2.75, 3.05) is 20.7 Å². The van der Waals surface area contributed by atoms with Crippen molar-refractivity contribution in [1.29, 1.82) is 0 Å². The third kappa shape index (κ3) is 4.12. The van der Waals surface area contributed by atoms with Gasteiger partial charge in [0.2, 0.25) is 0 Å². The zero-order valence-corrected chi connectivity index (χ0v) is 11.4. The molecule has 2 rings (SSSR count). The van der Waals surface area contributed by atoms with Crippen LogP contribution in [0.15, 0.2) is 23.2 Å². The largest absolute Gasteiger partial charge is 0.494 e. The Balaban J connectivity index is 1.84. The van der Waals surface area contributed by atoms with E-state index in [2.05, 4.69) is 15.6 Å². The van der Waals surface area contributed by atoms with Crippen molar-refractivity contribution in [1.82, 2.24) is 10.6 Å². The van der Waals surface area contributed by atoms with E-state index >= 15 is 0 Å². The van der Waals surface area contributed by atoms with Crippen LogP contribution in [0.25, 0.3) is 0 Å². The minimum absolute atomic E-state index is 0.264. The summed E-state index contributed by atoms with van der Waals surface area (Å²) in [6.07, 6.45) is 2.60. The van der Waals surface area contributed by atoms with Gasteiger partial charge in [-0.2, -0.15) is 0 Å². The Morgan fingerprint density at radius 2 is 2.21 bits per heavy atom. The Hall–Kier alpha value is -1.78. The lowest BCUT2D eigenvalue weighted by Gasteiger charge is -2.12. The molecule has 4 nitrogen and oxygen atoms in total. The van der Waals surface area contributed by atoms with Gasteiger partial charge in [-0.25, -0.2) is 4.39 Å². The lowest BCUT2D eigenvalue weighted by molar-refractivity contribution is 0.386. The van der Waals surface area contributed by atoms with Crippen molar-refractivity contribution in [3.05, 3.63) is 29.6 Å². The molecule has 1 aliphatic carbocycles. The smallest absolute Gasteiger partial charge is 0.191 e. The molecule has 1 saturated carbocycles. The van der Waals surface area contributed by atoms with Gasteiger partial charge in [0.1, 0.15) is 0 Å². The van der Waals surface area contributed by atoms with E-state index < -0.39 is 0 Å². The Morgan fingerprint density at radius 1 is 1.42 bits per heavy atom. The molecule has 0 heterocycles. The Labute approximate surface area is 113 Å². The summed E-state index contributed by atoms with van der Waals surface area (Å²) in [4.78, 5) is 4.13. The normalized spacial score (nSPS) is 15.2. The predicted octanol–water partition coefficient (Wildman–Crippen LogP) is 1.91. The molecule has 0 bridgehead atoms. The molecule has 2 N–H and O–H groups in total. The fraction of sp³-hybridized carbons (Fsp3) is 0.500. The second-order valence-corrected chi connectivity index (χ2v) is 4.72. The molecule has 0 aromatic heterocycles. The van der Waals surface area contributed by atoms with Crippen molar-refractivity contribution in [3.63, 3.8) is 0 Å². The quantitative estimate of drug-likeness (QED) is 0.631. The van der Waals surface area contributed by atoms with Crippen LogP contribution in [0.5, 0.6) is 5.75 Å². The summed E-state index contributed by atoms with van der Waals surface area (Å²) < 4.78 is 18.4. The molecule has 19 heavy (non-hydrogen) atoms. The van der Waals surface area contributed by atoms with Crippen LogP contribution in [0.1, 0.15) is 18.4 Å². The van der Waals surface area contributed by atoms with Crippen molar-refractivity contribution >= 4 is 5.96 Å². The monoisotopic (exact) mass is 265 g/mol. The van der Waals surface area contributed by atoms with Gasteiger partial charge in [0.25, 0.3) is 0 Å². The first-order chi connectivity index (χ1) is 9.22. The maximum Gasteiger partial charge on any atom is 0.191 e. The summed E-state index contributed by atoms with van der Waals surface area (Å²) >= 11 is 0. The summed E-state index contributed by atoms with van der Waals surface area (Å²) in [5, 5.41) is 6.42. The number of hydrogen-bond donors (Lipinski definition) is 2. The van der Waals surface area contributed by atoms with Gasteiger partial charge >= 0.3 is 0 Å². The van der Waals surface area contributed by atoms with E-state index in [4.69, 9.17) is 4.74 Å². The van der Waals surface area contributed by atoms with E-state index in [1.807, 2.05) is 6.07 Å². The maximum atomic E-state index is 13.5. The fourth-order valence-corrected chi connectivity index (χ4v) is 1.79. The van der Waals surface area contributed by atoms with Gasteiger partial charge in [0, 0.05) is 20.1 Å². The first-order valence-corrected chi connectivity index (χ1v) is 6.50. The van der Waals surface area contributed by atoms with Crippen molar-refractivity contribution < 1.29 is 9.13 Å². The van der Waals surface area contributed by atoms with Crippen LogP contribution in [0.3, 0.4) is 0 Å². The molecule has 0 aliphatic heterocycles. The van der Waals surface area contributed by atoms with Crippen LogP contribution >= 0.6 is 0 Å². The van der Waals surface area contributed by atoms with E-state index in [1.165, 1.54) is 26.0 Å². The molecule has 0 radical (unpaired) electrons. The molecule has 0 amide bonds. The average molecular weight is 265 g/mol. The number of methoxy groups -OCH3 is 1. The number of guanidine groups is 1. The first-order valence-electron chi connectivity index (χ1n) is 6.50. The molecule has 104 valence electrons. The van der Waals surface area contributed by atoms with Crippen LogP contribution in [0.2, 0.25) is 0 Å². The second-order valence-electron chi connectivity index (χ2n) is 4.72. The molecule has 0 spiro atoms. The van der Waals surface area contributed by atoms with E-state index in [-0.39, 0.29) is 11.6 Å². The van der Waals surface area contributed by atoms with E-state index in [0.29, 0.717) is 6.54 Å². The highest BCUT2D eigenvalue weighted by Gasteiger charge is 2.20. The van der Waals surface area contributed by atoms with Gasteiger partial charge in [-0.3, -0.25) is 4.99 Å². The van der Waals surface area contributed by atoms with Gasteiger partial charge in [-0.15, -0.1) is 0 Å². The summed E-state index contributed by atoms with van der Waals surface area (Å²) in [5.74, 6) is 1.46. The lowest BCUT2D eigenvalue weighted by Crippen LogP contribution is -2.37. The highest BCUT2D eigenvalue weighted by molar-refractivity contribution is 5.79. The zero-order chi connectivity index (χ0) is 13.7. The van der Waals surface area contributed by atoms with Crippen LogP contribution in [-0.2, 0) is 6.54 Å². The molecule has 0 atom stereocenters. The van der Waals surface area contributed by atoms with Crippen LogP contribution in [0, 0.1) is 11.7 Å². The standard InChI is InChI=1S/C14H20FN3O/c1-16-14(17-8-10-3-4-10)18-9-11-5-6-13(19-2)12(15)7-11/h5-7,10H,3-4,8-9H2,1-2H3,(H2,16,17,18). The number of halogens is 1. The average Bonchev–Trinajstić information content (AvgIpc) is 3.23. The first kappa shape index (κ1) is 13.6. The molecule has 1 fully saturated rings. The van der Waals surface area contributed by atoms with Gasteiger partial charge in [-0.05, 0) is 36.5 Å². The topological polar surface area (TPSA) is 45.7 Å². The maximum absolute atomic E-state index is 13.5. The Morgan fingerprint density at radius 3 is 2.79 bits per heavy atom. The highest BCUT2D eigenvalue weighted by atomic mass is 19.1. The third-order valence-electron chi connectivity index (χ3n) is 3.15. The van der Waals surface area contributed by atoms with Gasteiger partial charge in [-0.1, -0.05) is 6.07 Å². The van der Waals surface area contributed by atoms with Crippen LogP contribution < -0.4 is 15.4 Å². The molecule has 1 aromatic rings. The number of nitrogens with one attached hydrogen (secondary N) is 2. The Bertz CT molecular complexity index is 458. The predicted molar refractivity (Wildman–Crippen MR) is 73.9 cm³/mol. The summed E-state index contributed by atoms with van der Waals surface area (Å²) in [6.45, 7) is 1.49. The molecule has 5 heteroatoms. The van der Waals surface area contributed by atoms with Crippen molar-refractivity contribution in [2.24, 2.45) is 10.9 Å². The summed E-state index contributed by atoms with van der Waals surface area (Å²) in [6, 6.07) is 4.94. The molecular weight excluding hydrogens is 245 g/mol. The number of benzene rings is 1. The zero-order valence-electron chi connectivity index (χ0n) is 11.4. The third-order valence-corrected chi connectivity index (χ3v) is 3.15. The van der Waals surface area contributed by atoms with Crippen molar-refractivity contribution in [2.45, 2.75) is 19.4 Å². The molecular formula is C14H20FN3O. The lowest BCUT2D eigenvalue weighted by atomic mass is 10.2. The number of ether oxygens (including phenoxy) is 1. The summed E-state index contributed by atoms with van der Waals surface area (Å²) in [5.41, 5.74) is 0.854. The fourth-order valence-electron chi connectivity index (χ4n) is 1.79. The van der Waals surface area contributed by atoms with E-state index in [1.54, 1.807) is 13.1 Å². The van der Waals surface area contributed by atoms with E-state index in [0.717, 1.165) is 24.0 Å². The number of aliphatic imine (C=N–C) groups is 1. The minimum Gasteiger partial charge on any atom is -0.494 e. The van der Waals surface area contributed by atoms with Crippen LogP contribution in [-0.4, -0.2) is 26.7 Å². The number of rotatable bonds is 5. The molecule has 1 aromatic carbocycles. The molecule has 0 saturated heterocycles. The Kier molecular flexibility index (Phi) is 4.60. The highest BCUT2D eigenvalue weighted by Crippen LogP contribution is 2.27. The molecule has 1 aliphatic rings. The molecule has 0 unspecified atom stereocenters. The van der Waals surface area contributed by atoms with Gasteiger partial charge < -0.3 is 15.4 Å². The number of nitrogens with zero attached hydrogens (tertiary/aromatic N) is 1. The van der Waals surface area contributed by atoms with Crippen LogP contribution in [0.4, 0.5) is 4.39 Å². The van der Waals surface area contributed by atoms with Gasteiger partial charge in [0.15, 0.2) is 17.5 Å². The number of hydrogen-bond acceptors (Lipinski definition) is 2. The minimum atomic E-state index is -0.345. The summed E-state index contributed by atoms with van der Waals surface area (Å²) in [7, 11) is 3.19. The van der Waals surface area contributed by atoms with Gasteiger partial charge in [0.05, 0.1) is 7.11 Å². The SMILES string of the molecule is CN=C(NCc1ccc(OC)c(F)c1)NCC1CC1. The second kappa shape index (κ2) is 6.41. The van der Waals surface area contributed by atoms with Crippen molar-refractivity contribution in [3.8, 4) is 5.75 Å². The van der Waals surface area contributed by atoms with E-state index in [9.17, 15) is 4.39 Å².